The SMILES string of the molecule is CC(=N)/C(CNC(=O)c1cn(C)c2c(C)cn(C)c(=O)c12)=C(/C)N(C)c1cccc(C)c1. The maximum Gasteiger partial charge on any atom is 0.260 e. The summed E-state index contributed by atoms with van der Waals surface area (Å²) in [4.78, 5) is 27.9. The van der Waals surface area contributed by atoms with Crippen molar-refractivity contribution in [1.29, 1.82) is 5.41 Å². The lowest BCUT2D eigenvalue weighted by Gasteiger charge is -2.24. The van der Waals surface area contributed by atoms with Crippen LogP contribution in [-0.2, 0) is 14.1 Å². The van der Waals surface area contributed by atoms with Gasteiger partial charge >= 0.3 is 0 Å². The molecule has 3 rings (SSSR count). The molecule has 0 unspecified atom stereocenters. The molecular formula is C25H31N5O2. The third-order valence-corrected chi connectivity index (χ3v) is 5.93. The maximum atomic E-state index is 13.1. The van der Waals surface area contributed by atoms with Gasteiger partial charge in [0.05, 0.1) is 16.5 Å². The zero-order valence-electron chi connectivity index (χ0n) is 19.8. The van der Waals surface area contributed by atoms with Gasteiger partial charge in [-0.1, -0.05) is 12.1 Å². The Kier molecular flexibility index (Phi) is 6.39. The van der Waals surface area contributed by atoms with Crippen LogP contribution in [0.25, 0.3) is 10.9 Å². The van der Waals surface area contributed by atoms with Gasteiger partial charge in [0.1, 0.15) is 0 Å². The first-order chi connectivity index (χ1) is 15.0. The Morgan fingerprint density at radius 2 is 1.81 bits per heavy atom. The second kappa shape index (κ2) is 8.86. The Bertz CT molecular complexity index is 1310. The molecule has 7 heteroatoms. The highest BCUT2D eigenvalue weighted by atomic mass is 16.2. The fourth-order valence-corrected chi connectivity index (χ4v) is 4.11. The van der Waals surface area contributed by atoms with E-state index in [9.17, 15) is 9.59 Å². The summed E-state index contributed by atoms with van der Waals surface area (Å²) in [7, 11) is 5.47. The number of amides is 1. The lowest BCUT2D eigenvalue weighted by molar-refractivity contribution is 0.0959. The first kappa shape index (κ1) is 23.1. The summed E-state index contributed by atoms with van der Waals surface area (Å²) in [6.45, 7) is 7.81. The Morgan fingerprint density at radius 1 is 1.12 bits per heavy atom. The molecule has 0 spiro atoms. The molecule has 7 nitrogen and oxygen atoms in total. The van der Waals surface area contributed by atoms with Gasteiger partial charge in [-0.05, 0) is 51.0 Å². The van der Waals surface area contributed by atoms with Crippen LogP contribution in [0.4, 0.5) is 5.69 Å². The highest BCUT2D eigenvalue weighted by molar-refractivity contribution is 6.08. The van der Waals surface area contributed by atoms with E-state index < -0.39 is 0 Å². The Labute approximate surface area is 188 Å². The minimum absolute atomic E-state index is 0.193. The molecular weight excluding hydrogens is 402 g/mol. The summed E-state index contributed by atoms with van der Waals surface area (Å²) in [6.07, 6.45) is 3.47. The number of allylic oxidation sites excluding steroid dienone is 1. The topological polar surface area (TPSA) is 83.1 Å². The van der Waals surface area contributed by atoms with Crippen LogP contribution in [0.5, 0.6) is 0 Å². The average Bonchev–Trinajstić information content (AvgIpc) is 3.09. The van der Waals surface area contributed by atoms with Crippen LogP contribution < -0.4 is 15.8 Å². The van der Waals surface area contributed by atoms with Gasteiger partial charge in [0, 0.05) is 62.8 Å². The van der Waals surface area contributed by atoms with Crippen LogP contribution in [0.1, 0.15) is 35.3 Å². The van der Waals surface area contributed by atoms with Crippen molar-refractivity contribution >= 4 is 28.2 Å². The monoisotopic (exact) mass is 433 g/mol. The normalized spacial score (nSPS) is 12.0. The molecule has 0 aliphatic rings. The summed E-state index contributed by atoms with van der Waals surface area (Å²) < 4.78 is 3.32. The zero-order valence-corrected chi connectivity index (χ0v) is 19.8. The number of pyridine rings is 1. The van der Waals surface area contributed by atoms with Crippen molar-refractivity contribution < 1.29 is 4.79 Å². The molecule has 2 aromatic heterocycles. The molecule has 1 amide bonds. The second-order valence-electron chi connectivity index (χ2n) is 8.38. The third-order valence-electron chi connectivity index (χ3n) is 5.93. The van der Waals surface area contributed by atoms with Gasteiger partial charge in [0.25, 0.3) is 11.5 Å². The molecule has 2 heterocycles. The van der Waals surface area contributed by atoms with Crippen LogP contribution in [-0.4, -0.2) is 34.3 Å². The number of hydrogen-bond acceptors (Lipinski definition) is 4. The Hall–Kier alpha value is -3.61. The second-order valence-corrected chi connectivity index (χ2v) is 8.38. The lowest BCUT2D eigenvalue weighted by Crippen LogP contribution is -2.30. The third kappa shape index (κ3) is 4.23. The molecule has 0 saturated heterocycles. The summed E-state index contributed by atoms with van der Waals surface area (Å²) in [6, 6.07) is 8.12. The van der Waals surface area contributed by atoms with E-state index in [0.717, 1.165) is 33.6 Å². The molecule has 168 valence electrons. The zero-order chi connectivity index (χ0) is 23.7. The summed E-state index contributed by atoms with van der Waals surface area (Å²) in [5, 5.41) is 11.6. The predicted octanol–water partition coefficient (Wildman–Crippen LogP) is 3.67. The van der Waals surface area contributed by atoms with Crippen molar-refractivity contribution in [3.8, 4) is 0 Å². The van der Waals surface area contributed by atoms with Gasteiger partial charge in [-0.15, -0.1) is 0 Å². The van der Waals surface area contributed by atoms with Crippen LogP contribution in [0.3, 0.4) is 0 Å². The number of aryl methyl sites for hydroxylation is 4. The van der Waals surface area contributed by atoms with E-state index in [2.05, 4.69) is 11.4 Å². The number of hydrogen-bond donors (Lipinski definition) is 2. The molecule has 0 atom stereocenters. The fraction of sp³-hybridized carbons (Fsp3) is 0.320. The minimum atomic E-state index is -0.331. The van der Waals surface area contributed by atoms with E-state index in [1.54, 1.807) is 26.4 Å². The fourth-order valence-electron chi connectivity index (χ4n) is 4.11. The van der Waals surface area contributed by atoms with Crippen molar-refractivity contribution in [2.75, 3.05) is 18.5 Å². The molecule has 0 fully saturated rings. The molecule has 32 heavy (non-hydrogen) atoms. The van der Waals surface area contributed by atoms with Crippen molar-refractivity contribution in [3.05, 3.63) is 75.0 Å². The van der Waals surface area contributed by atoms with Gasteiger partial charge in [-0.3, -0.25) is 9.59 Å². The number of anilines is 1. The summed E-state index contributed by atoms with van der Waals surface area (Å²) >= 11 is 0. The molecule has 0 bridgehead atoms. The number of benzene rings is 1. The van der Waals surface area contributed by atoms with Crippen molar-refractivity contribution in [2.24, 2.45) is 14.1 Å². The molecule has 0 radical (unpaired) electrons. The first-order valence-electron chi connectivity index (χ1n) is 10.5. The maximum absolute atomic E-state index is 13.1. The van der Waals surface area contributed by atoms with Gasteiger partial charge in [0.15, 0.2) is 0 Å². The largest absolute Gasteiger partial charge is 0.349 e. The van der Waals surface area contributed by atoms with Gasteiger partial charge in [-0.25, -0.2) is 0 Å². The predicted molar refractivity (Wildman–Crippen MR) is 131 cm³/mol. The molecule has 3 aromatic rings. The number of nitrogens with one attached hydrogen (secondary N) is 2. The van der Waals surface area contributed by atoms with E-state index in [-0.39, 0.29) is 18.0 Å². The number of fused-ring (bicyclic) bond motifs is 1. The number of rotatable bonds is 6. The Morgan fingerprint density at radius 3 is 2.44 bits per heavy atom. The molecule has 0 aliphatic carbocycles. The van der Waals surface area contributed by atoms with E-state index in [1.165, 1.54) is 4.57 Å². The van der Waals surface area contributed by atoms with E-state index in [4.69, 9.17) is 5.41 Å². The highest BCUT2D eigenvalue weighted by Gasteiger charge is 2.20. The highest BCUT2D eigenvalue weighted by Crippen LogP contribution is 2.22. The number of aromatic nitrogens is 2. The standard InChI is InChI=1S/C25H31N5O2/c1-15-9-8-10-19(11-15)30(7)18(4)20(17(3)26)12-27-24(31)21-14-28(5)23-16(2)13-29(6)25(32)22(21)23/h8-11,13-14,26H,12H2,1-7H3,(H,27,31)/b20-18-,26-17?. The number of nitrogens with zero attached hydrogens (tertiary/aromatic N) is 3. The molecule has 0 aliphatic heterocycles. The van der Waals surface area contributed by atoms with Crippen molar-refractivity contribution in [1.82, 2.24) is 14.5 Å². The van der Waals surface area contributed by atoms with Crippen molar-refractivity contribution in [3.63, 3.8) is 0 Å². The Balaban J connectivity index is 1.93. The average molecular weight is 434 g/mol. The number of carbonyl (C=O) groups excluding carboxylic acids is 1. The van der Waals surface area contributed by atoms with Gasteiger partial charge < -0.3 is 24.8 Å². The molecule has 2 N–H and O–H groups in total. The van der Waals surface area contributed by atoms with Crippen LogP contribution in [0.15, 0.2) is 52.7 Å². The quantitative estimate of drug-likeness (QED) is 0.582. The van der Waals surface area contributed by atoms with Crippen LogP contribution in [0, 0.1) is 19.3 Å². The van der Waals surface area contributed by atoms with E-state index in [0.29, 0.717) is 16.7 Å². The minimum Gasteiger partial charge on any atom is -0.349 e. The van der Waals surface area contributed by atoms with Gasteiger partial charge in [0.2, 0.25) is 0 Å². The first-order valence-corrected chi connectivity index (χ1v) is 10.5. The van der Waals surface area contributed by atoms with E-state index >= 15 is 0 Å². The number of carbonyl (C=O) groups is 1. The molecule has 1 aromatic carbocycles. The lowest BCUT2D eigenvalue weighted by atomic mass is 10.1. The molecule has 0 saturated carbocycles. The smallest absolute Gasteiger partial charge is 0.260 e. The summed E-state index contributed by atoms with van der Waals surface area (Å²) in [5.74, 6) is -0.331. The summed E-state index contributed by atoms with van der Waals surface area (Å²) in [5.41, 5.74) is 5.98. The van der Waals surface area contributed by atoms with Gasteiger partial charge in [-0.2, -0.15) is 0 Å². The van der Waals surface area contributed by atoms with Crippen molar-refractivity contribution in [2.45, 2.75) is 27.7 Å². The van der Waals surface area contributed by atoms with E-state index in [1.807, 2.05) is 62.5 Å². The van der Waals surface area contributed by atoms with Crippen LogP contribution >= 0.6 is 0 Å². The van der Waals surface area contributed by atoms with Crippen LogP contribution in [0.2, 0.25) is 0 Å².